The first kappa shape index (κ1) is 297. The third-order valence-electron chi connectivity index (χ3n) is 0. The topological polar surface area (TPSA) is 164 Å². The lowest BCUT2D eigenvalue weighted by atomic mass is 11.7. The van der Waals surface area contributed by atoms with Crippen molar-refractivity contribution >= 4 is 24.3 Å². The number of carbonyl (C=O) groups excluding carboxylic acids is 4. The van der Waals surface area contributed by atoms with E-state index in [1.54, 1.807) is 0 Å². The Hall–Kier alpha value is -2.48. The number of hydrogen-bond donors (Lipinski definition) is 4. The van der Waals surface area contributed by atoms with Crippen molar-refractivity contribution < 1.29 is 19.2 Å². The molecule has 0 aliphatic heterocycles. The molecule has 0 unspecified atom stereocenters. The molecule has 0 aliphatic rings. The summed E-state index contributed by atoms with van der Waals surface area (Å²) in [5, 5.41) is 21.6. The van der Waals surface area contributed by atoms with Crippen molar-refractivity contribution in [1.82, 2.24) is 0 Å². The van der Waals surface area contributed by atoms with Crippen LogP contribution in [0.15, 0.2) is 0 Å². The molecule has 8 nitrogen and oxygen atoms in total. The van der Waals surface area contributed by atoms with E-state index in [0.717, 1.165) is 24.3 Å². The Bertz CT molecular complexity index is 162. The number of isocyanates is 4. The molecule has 8 heteroatoms. The lowest BCUT2D eigenvalue weighted by Crippen LogP contribution is -1.16. The van der Waals surface area contributed by atoms with Gasteiger partial charge in [-0.1, -0.05) is 89.1 Å². The summed E-state index contributed by atoms with van der Waals surface area (Å²) >= 11 is 0. The zero-order valence-electron chi connectivity index (χ0n) is 5.63. The normalized spacial score (nSPS) is 1.33. The molecule has 0 radical (unpaired) electrons. The average molecular weight is 365 g/mol. The Morgan fingerprint density at radius 1 is 0.292 bits per heavy atom. The average Bonchev–Trinajstić information content (AvgIpc) is 1.92. The van der Waals surface area contributed by atoms with E-state index < -0.39 is 0 Å². The fourth-order valence-electron chi connectivity index (χ4n) is 0. The number of nitrogens with one attached hydrogen (secondary N) is 4. The largest absolute Gasteiger partial charge is 0.231 e. The molecule has 0 aromatic rings. The molecule has 0 atom stereocenters. The van der Waals surface area contributed by atoms with Crippen LogP contribution in [0.2, 0.25) is 0 Å². The van der Waals surface area contributed by atoms with E-state index in [2.05, 4.69) is 0 Å². The first-order chi connectivity index (χ1) is 5.66. The summed E-state index contributed by atoms with van der Waals surface area (Å²) in [6.45, 7) is 0. The van der Waals surface area contributed by atoms with E-state index >= 15 is 0 Å². The summed E-state index contributed by atoms with van der Waals surface area (Å²) in [6.07, 6.45) is 3.00. The molecule has 0 saturated carbocycles. The van der Waals surface area contributed by atoms with Crippen LogP contribution < -0.4 is 0 Å². The fourth-order valence-corrected chi connectivity index (χ4v) is 0. The lowest BCUT2D eigenvalue weighted by molar-refractivity contribution is 0.562. The van der Waals surface area contributed by atoms with Crippen LogP contribution in [0.1, 0.15) is 89.1 Å². The van der Waals surface area contributed by atoms with Crippen LogP contribution in [-0.2, 0) is 19.2 Å². The van der Waals surface area contributed by atoms with Crippen molar-refractivity contribution in [3.63, 3.8) is 0 Å². The Labute approximate surface area is 155 Å². The molecule has 0 saturated heterocycles. The first-order valence-electron chi connectivity index (χ1n) is 1.82. The van der Waals surface area contributed by atoms with Gasteiger partial charge in [0.05, 0.1) is 0 Å². The standard InChI is InChI=1S/4CHNO.12CH4/c4*2-1-3;;;;;;;;;;;;/h4*2H;12*1H4. The third-order valence-corrected chi connectivity index (χ3v) is 0. The Balaban J connectivity index is -0.00000000218. The number of hydrogen-bond acceptors (Lipinski definition) is 8. The van der Waals surface area contributed by atoms with E-state index in [1.165, 1.54) is 0 Å². The predicted molar refractivity (Wildman–Crippen MR) is 114 cm³/mol. The van der Waals surface area contributed by atoms with Crippen molar-refractivity contribution in [2.75, 3.05) is 0 Å². The summed E-state index contributed by atoms with van der Waals surface area (Å²) < 4.78 is 0. The molecular weight excluding hydrogens is 312 g/mol. The second-order valence-corrected chi connectivity index (χ2v) is 0.408. The van der Waals surface area contributed by atoms with Crippen LogP contribution in [0, 0.1) is 21.6 Å². The van der Waals surface area contributed by atoms with Gasteiger partial charge in [0.15, 0.2) is 0 Å². The SMILES string of the molecule is C.C.C.C.C.C.C.C.C.C.C.C.N=C=O.N=C=O.N=C=O.N=C=O. The second-order valence-electron chi connectivity index (χ2n) is 0.408. The van der Waals surface area contributed by atoms with Crippen LogP contribution in [0.5, 0.6) is 0 Å². The number of rotatable bonds is 0. The van der Waals surface area contributed by atoms with Gasteiger partial charge in [-0.05, 0) is 0 Å². The summed E-state index contributed by atoms with van der Waals surface area (Å²) in [6, 6.07) is 0. The molecule has 0 fully saturated rings. The van der Waals surface area contributed by atoms with Gasteiger partial charge in [-0.15, -0.1) is 0 Å². The molecule has 160 valence electrons. The van der Waals surface area contributed by atoms with Crippen molar-refractivity contribution in [3.8, 4) is 0 Å². The highest BCUT2D eigenvalue weighted by atomic mass is 16.1. The van der Waals surface area contributed by atoms with Gasteiger partial charge < -0.3 is 0 Å². The molecule has 24 heavy (non-hydrogen) atoms. The molecule has 4 N–H and O–H groups in total. The Morgan fingerprint density at radius 3 is 0.292 bits per heavy atom. The van der Waals surface area contributed by atoms with Crippen LogP contribution in [0.4, 0.5) is 0 Å². The van der Waals surface area contributed by atoms with E-state index in [4.69, 9.17) is 40.8 Å². The summed E-state index contributed by atoms with van der Waals surface area (Å²) in [7, 11) is 0. The summed E-state index contributed by atoms with van der Waals surface area (Å²) in [4.78, 5) is 33.4. The van der Waals surface area contributed by atoms with Gasteiger partial charge in [-0.3, -0.25) is 0 Å². The van der Waals surface area contributed by atoms with E-state index in [1.807, 2.05) is 0 Å². The van der Waals surface area contributed by atoms with Crippen molar-refractivity contribution in [1.29, 1.82) is 21.6 Å². The van der Waals surface area contributed by atoms with Gasteiger partial charge in [0.25, 0.3) is 0 Å². The van der Waals surface area contributed by atoms with Crippen LogP contribution >= 0.6 is 0 Å². The van der Waals surface area contributed by atoms with Crippen molar-refractivity contribution in [2.45, 2.75) is 89.1 Å². The van der Waals surface area contributed by atoms with Crippen LogP contribution in [-0.4, -0.2) is 24.3 Å². The Morgan fingerprint density at radius 2 is 0.292 bits per heavy atom. The second kappa shape index (κ2) is 3380. The predicted octanol–water partition coefficient (Wildman–Crippen LogP) is 7.24. The van der Waals surface area contributed by atoms with Gasteiger partial charge in [0, 0.05) is 0 Å². The van der Waals surface area contributed by atoms with Crippen molar-refractivity contribution in [2.24, 2.45) is 0 Å². The molecule has 0 spiro atoms. The maximum absolute atomic E-state index is 8.35. The minimum Gasteiger partial charge on any atom is -0.222 e. The molecule has 0 rings (SSSR count). The molecular formula is C16H52N4O4. The van der Waals surface area contributed by atoms with Crippen LogP contribution in [0.3, 0.4) is 0 Å². The van der Waals surface area contributed by atoms with E-state index in [-0.39, 0.29) is 89.1 Å². The molecule has 0 heterocycles. The van der Waals surface area contributed by atoms with Gasteiger partial charge in [0.2, 0.25) is 24.3 Å². The highest BCUT2D eigenvalue weighted by Gasteiger charge is 1.04. The monoisotopic (exact) mass is 364 g/mol. The minimum atomic E-state index is 0. The van der Waals surface area contributed by atoms with E-state index in [9.17, 15) is 0 Å². The van der Waals surface area contributed by atoms with Gasteiger partial charge in [0.1, 0.15) is 0 Å². The summed E-state index contributed by atoms with van der Waals surface area (Å²) in [5.41, 5.74) is 0. The molecule has 0 aliphatic carbocycles. The maximum Gasteiger partial charge on any atom is 0.231 e. The Kier molecular flexibility index (Phi) is 41900. The maximum atomic E-state index is 8.35. The minimum absolute atomic E-state index is 0. The first-order valence-corrected chi connectivity index (χ1v) is 1.82. The molecule has 0 bridgehead atoms. The summed E-state index contributed by atoms with van der Waals surface area (Å²) in [5.74, 6) is 0. The fraction of sp³-hybridized carbons (Fsp3) is 0.750. The quantitative estimate of drug-likeness (QED) is 0.263. The molecule has 0 aromatic heterocycles. The van der Waals surface area contributed by atoms with E-state index in [0.29, 0.717) is 0 Å². The molecule has 0 amide bonds. The van der Waals surface area contributed by atoms with Gasteiger partial charge in [-0.25, -0.2) is 40.8 Å². The van der Waals surface area contributed by atoms with Gasteiger partial charge >= 0.3 is 0 Å². The van der Waals surface area contributed by atoms with Gasteiger partial charge in [-0.2, -0.15) is 0 Å². The zero-order chi connectivity index (χ0) is 10.8. The van der Waals surface area contributed by atoms with Crippen LogP contribution in [0.25, 0.3) is 0 Å². The highest BCUT2D eigenvalue weighted by Crippen LogP contribution is 0.877. The zero-order valence-corrected chi connectivity index (χ0v) is 5.63. The highest BCUT2D eigenvalue weighted by molar-refractivity contribution is 5.26. The third kappa shape index (κ3) is 1090. The van der Waals surface area contributed by atoms with Crippen molar-refractivity contribution in [3.05, 3.63) is 0 Å². The molecule has 0 aromatic carbocycles. The smallest absolute Gasteiger partial charge is 0.222 e. The lowest BCUT2D eigenvalue weighted by Gasteiger charge is -1.02.